The normalized spacial score (nSPS) is 8.33. The molecule has 0 aromatic carbocycles. The van der Waals surface area contributed by atoms with Crippen molar-refractivity contribution in [1.82, 2.24) is 0 Å². The summed E-state index contributed by atoms with van der Waals surface area (Å²) in [5, 5.41) is 19.6. The first-order valence-corrected chi connectivity index (χ1v) is 2.70. The molecular formula is C5H15CaNO8. The van der Waals surface area contributed by atoms with E-state index in [1.807, 2.05) is 0 Å². The monoisotopic (exact) mass is 257 g/mol. The van der Waals surface area contributed by atoms with Crippen LogP contribution in [-0.2, 0) is 9.59 Å². The Morgan fingerprint density at radius 3 is 1.60 bits per heavy atom. The molecule has 0 bridgehead atoms. The van der Waals surface area contributed by atoms with Gasteiger partial charge in [0.05, 0.1) is 5.97 Å². The van der Waals surface area contributed by atoms with Gasteiger partial charge in [-0.2, -0.15) is 0 Å². The topological polar surface area (TPSA) is 232 Å². The molecule has 0 spiro atoms. The van der Waals surface area contributed by atoms with Gasteiger partial charge in [-0.05, 0) is 12.8 Å². The molecule has 0 aromatic rings. The van der Waals surface area contributed by atoms with Gasteiger partial charge in [0.1, 0.15) is 0 Å². The fraction of sp³-hybridized carbons (Fsp3) is 0.600. The van der Waals surface area contributed by atoms with Gasteiger partial charge in [0.25, 0.3) is 0 Å². The van der Waals surface area contributed by atoms with Gasteiger partial charge < -0.3 is 47.4 Å². The average Bonchev–Trinajstić information content (AvgIpc) is 1.82. The Hall–Kier alpha value is -0.000260. The standard InChI is InChI=1S/C5H9NO4.Ca.4H2O/c6-3(5(9)10)1-2-4(7)8;;;;;/h3H,1-2,6H2,(H,7,8)(H,9,10);;4*1H2/q;+2;;;;/p-2/t3-;;;;;/m0...../s1. The summed E-state index contributed by atoms with van der Waals surface area (Å²) < 4.78 is 0. The van der Waals surface area contributed by atoms with Gasteiger partial charge in [-0.15, -0.1) is 0 Å². The van der Waals surface area contributed by atoms with Crippen LogP contribution in [0.4, 0.5) is 0 Å². The molecular weight excluding hydrogens is 242 g/mol. The summed E-state index contributed by atoms with van der Waals surface area (Å²) in [6, 6.07) is -1.21. The molecule has 0 rings (SSSR count). The summed E-state index contributed by atoms with van der Waals surface area (Å²) >= 11 is 0. The van der Waals surface area contributed by atoms with Crippen LogP contribution in [0.25, 0.3) is 0 Å². The molecule has 9 nitrogen and oxygen atoms in total. The summed E-state index contributed by atoms with van der Waals surface area (Å²) in [6.45, 7) is 0. The van der Waals surface area contributed by atoms with E-state index in [4.69, 9.17) is 5.73 Å². The van der Waals surface area contributed by atoms with E-state index in [0.29, 0.717) is 0 Å². The number of carbonyl (C=O) groups excluding carboxylic acids is 2. The molecule has 0 aliphatic heterocycles. The quantitative estimate of drug-likeness (QED) is 0.481. The van der Waals surface area contributed by atoms with E-state index in [-0.39, 0.29) is 72.5 Å². The second kappa shape index (κ2) is 19.6. The Morgan fingerprint density at radius 1 is 1.07 bits per heavy atom. The van der Waals surface area contributed by atoms with Crippen molar-refractivity contribution in [2.24, 2.45) is 5.73 Å². The SMILES string of the molecule is N[C@@H](CCC(=O)[O-])C(=O)[O-].O.O.O.O.[Ca+2]. The molecule has 15 heavy (non-hydrogen) atoms. The van der Waals surface area contributed by atoms with Crippen molar-refractivity contribution in [2.75, 3.05) is 0 Å². The van der Waals surface area contributed by atoms with Gasteiger partial charge in [0.2, 0.25) is 0 Å². The number of carboxylic acid groups (broad SMARTS) is 2. The van der Waals surface area contributed by atoms with Crippen LogP contribution in [0, 0.1) is 0 Å². The van der Waals surface area contributed by atoms with Gasteiger partial charge >= 0.3 is 37.7 Å². The number of carbonyl (C=O) groups is 2. The number of hydrogen-bond donors (Lipinski definition) is 1. The zero-order valence-electron chi connectivity index (χ0n) is 7.91. The van der Waals surface area contributed by atoms with Crippen molar-refractivity contribution in [3.8, 4) is 0 Å². The first-order chi connectivity index (χ1) is 4.54. The zero-order chi connectivity index (χ0) is 8.15. The summed E-state index contributed by atoms with van der Waals surface area (Å²) in [5.74, 6) is -2.75. The number of rotatable bonds is 4. The van der Waals surface area contributed by atoms with E-state index < -0.39 is 18.0 Å². The summed E-state index contributed by atoms with van der Waals surface area (Å²) in [4.78, 5) is 19.6. The molecule has 0 fully saturated rings. The van der Waals surface area contributed by atoms with E-state index >= 15 is 0 Å². The third kappa shape index (κ3) is 24.9. The molecule has 0 saturated heterocycles. The molecule has 1 atom stereocenters. The fourth-order valence-corrected chi connectivity index (χ4v) is 0.391. The van der Waals surface area contributed by atoms with Crippen molar-refractivity contribution in [2.45, 2.75) is 18.9 Å². The Morgan fingerprint density at radius 2 is 1.40 bits per heavy atom. The first kappa shape index (κ1) is 36.3. The van der Waals surface area contributed by atoms with Crippen molar-refractivity contribution < 1.29 is 41.7 Å². The molecule has 0 aromatic heterocycles. The van der Waals surface area contributed by atoms with E-state index in [1.165, 1.54) is 0 Å². The van der Waals surface area contributed by atoms with Gasteiger partial charge in [0, 0.05) is 12.0 Å². The Balaban J connectivity index is -0.0000000405. The van der Waals surface area contributed by atoms with E-state index in [0.717, 1.165) is 0 Å². The molecule has 10 N–H and O–H groups in total. The van der Waals surface area contributed by atoms with Gasteiger partial charge in [0.15, 0.2) is 0 Å². The van der Waals surface area contributed by atoms with Crippen molar-refractivity contribution >= 4 is 49.7 Å². The van der Waals surface area contributed by atoms with Crippen LogP contribution < -0.4 is 15.9 Å². The predicted octanol–water partition coefficient (Wildman–Crippen LogP) is -7.09. The Bertz CT molecular complexity index is 154. The molecule has 10 heteroatoms. The smallest absolute Gasteiger partial charge is 0.550 e. The van der Waals surface area contributed by atoms with E-state index in [9.17, 15) is 19.8 Å². The second-order valence-corrected chi connectivity index (χ2v) is 1.84. The predicted molar refractivity (Wildman–Crippen MR) is 47.4 cm³/mol. The summed E-state index contributed by atoms with van der Waals surface area (Å²) in [5.41, 5.74) is 4.91. The minimum atomic E-state index is -1.44. The van der Waals surface area contributed by atoms with Crippen molar-refractivity contribution in [1.29, 1.82) is 0 Å². The molecule has 90 valence electrons. The Labute approximate surface area is 115 Å². The maximum atomic E-state index is 9.86. The van der Waals surface area contributed by atoms with Crippen LogP contribution in [0.3, 0.4) is 0 Å². The van der Waals surface area contributed by atoms with Crippen LogP contribution in [0.1, 0.15) is 12.8 Å². The molecule has 0 aliphatic carbocycles. The van der Waals surface area contributed by atoms with E-state index in [1.54, 1.807) is 0 Å². The van der Waals surface area contributed by atoms with Crippen molar-refractivity contribution in [3.63, 3.8) is 0 Å². The number of hydrogen-bond acceptors (Lipinski definition) is 5. The average molecular weight is 257 g/mol. The third-order valence-corrected chi connectivity index (χ3v) is 0.962. The van der Waals surface area contributed by atoms with Crippen molar-refractivity contribution in [3.05, 3.63) is 0 Å². The maximum Gasteiger partial charge on any atom is 2.00 e. The van der Waals surface area contributed by atoms with Crippen LogP contribution in [0.2, 0.25) is 0 Å². The van der Waals surface area contributed by atoms with E-state index in [2.05, 4.69) is 0 Å². The molecule has 0 aliphatic rings. The summed E-state index contributed by atoms with van der Waals surface area (Å²) in [7, 11) is 0. The zero-order valence-corrected chi connectivity index (χ0v) is 10.1. The number of aliphatic carboxylic acids is 2. The van der Waals surface area contributed by atoms with Gasteiger partial charge in [-0.1, -0.05) is 0 Å². The second-order valence-electron chi connectivity index (χ2n) is 1.84. The minimum Gasteiger partial charge on any atom is -0.550 e. The van der Waals surface area contributed by atoms with Gasteiger partial charge in [-0.25, -0.2) is 0 Å². The summed E-state index contributed by atoms with van der Waals surface area (Å²) in [6.07, 6.45) is -0.500. The number of carboxylic acids is 2. The third-order valence-electron chi connectivity index (χ3n) is 0.962. The molecule has 0 heterocycles. The molecule has 0 amide bonds. The fourth-order valence-electron chi connectivity index (χ4n) is 0.391. The molecule has 0 radical (unpaired) electrons. The van der Waals surface area contributed by atoms with Crippen LogP contribution in [0.5, 0.6) is 0 Å². The molecule has 0 saturated carbocycles. The van der Waals surface area contributed by atoms with Gasteiger partial charge in [-0.3, -0.25) is 0 Å². The van der Waals surface area contributed by atoms with Crippen LogP contribution >= 0.6 is 0 Å². The molecule has 0 unspecified atom stereocenters. The first-order valence-electron chi connectivity index (χ1n) is 2.70. The van der Waals surface area contributed by atoms with Crippen LogP contribution in [-0.4, -0.2) is 77.6 Å². The minimum absolute atomic E-state index is 0. The largest absolute Gasteiger partial charge is 2.00 e. The van der Waals surface area contributed by atoms with Crippen LogP contribution in [0.15, 0.2) is 0 Å². The number of nitrogens with two attached hydrogens (primary N) is 1. The Kier molecular flexibility index (Phi) is 47.3. The maximum absolute atomic E-state index is 9.86.